The van der Waals surface area contributed by atoms with Gasteiger partial charge in [-0.25, -0.2) is 0 Å². The highest BCUT2D eigenvalue weighted by atomic mass is 19.2. The highest BCUT2D eigenvalue weighted by Gasteiger charge is 2.69. The Hall–Kier alpha value is -3.50. The molecular formula is C48H69BF2N4O4. The Balaban J connectivity index is 0.937. The van der Waals surface area contributed by atoms with Gasteiger partial charge in [0.05, 0.1) is 5.41 Å². The number of carbonyl (C=O) groups is 3. The molecular weight excluding hydrogens is 745 g/mol. The van der Waals surface area contributed by atoms with E-state index in [1.165, 1.54) is 12.5 Å². The predicted octanol–water partition coefficient (Wildman–Crippen LogP) is 9.45. The van der Waals surface area contributed by atoms with E-state index in [-0.39, 0.29) is 76.3 Å². The summed E-state index contributed by atoms with van der Waals surface area (Å²) in [4.78, 5) is 39.8. The van der Waals surface area contributed by atoms with Gasteiger partial charge in [-0.3, -0.25) is 14.4 Å². The molecule has 59 heavy (non-hydrogen) atoms. The third kappa shape index (κ3) is 6.29. The van der Waals surface area contributed by atoms with Gasteiger partial charge < -0.3 is 33.0 Å². The number of amides is 2. The normalized spacial score (nSPS) is 37.0. The van der Waals surface area contributed by atoms with Gasteiger partial charge >= 0.3 is 12.9 Å². The number of halogens is 2. The summed E-state index contributed by atoms with van der Waals surface area (Å²) in [6.07, 6.45) is 18.0. The van der Waals surface area contributed by atoms with E-state index in [4.69, 9.17) is 4.74 Å². The molecule has 5 aliphatic carbocycles. The van der Waals surface area contributed by atoms with Gasteiger partial charge in [-0.1, -0.05) is 60.1 Å². The number of hydrogen-bond acceptors (Lipinski definition) is 4. The van der Waals surface area contributed by atoms with Crippen LogP contribution in [0.4, 0.5) is 8.63 Å². The minimum Gasteiger partial charge on any atom is -0.462 e. The van der Waals surface area contributed by atoms with Crippen molar-refractivity contribution in [2.24, 2.45) is 50.2 Å². The lowest BCUT2D eigenvalue weighted by molar-refractivity contribution is -0.362. The van der Waals surface area contributed by atoms with Crippen LogP contribution in [0.25, 0.3) is 6.08 Å². The summed E-state index contributed by atoms with van der Waals surface area (Å²) in [5.74, 6) is 0.863. The first-order valence-electron chi connectivity index (χ1n) is 22.7. The number of fused-ring (bicyclic) bond motifs is 9. The largest absolute Gasteiger partial charge is 0.737 e. The molecule has 0 unspecified atom stereocenters. The minimum absolute atomic E-state index is 0.0130. The first-order chi connectivity index (χ1) is 27.5. The third-order valence-electron chi connectivity index (χ3n) is 18.1. The maximum atomic E-state index is 15.9. The molecule has 3 heterocycles. The first-order valence-corrected chi connectivity index (χ1v) is 22.7. The van der Waals surface area contributed by atoms with E-state index >= 15 is 8.63 Å². The van der Waals surface area contributed by atoms with E-state index in [1.807, 2.05) is 6.92 Å². The average Bonchev–Trinajstić information content (AvgIpc) is 3.70. The van der Waals surface area contributed by atoms with Crippen molar-refractivity contribution in [2.45, 2.75) is 152 Å². The van der Waals surface area contributed by atoms with Crippen molar-refractivity contribution in [1.29, 1.82) is 0 Å². The number of esters is 1. The van der Waals surface area contributed by atoms with Gasteiger partial charge in [0.25, 0.3) is 0 Å². The van der Waals surface area contributed by atoms with Crippen LogP contribution in [0.5, 0.6) is 0 Å². The Kier molecular flexibility index (Phi) is 10.0. The van der Waals surface area contributed by atoms with Gasteiger partial charge in [-0.2, -0.15) is 0 Å². The summed E-state index contributed by atoms with van der Waals surface area (Å²) >= 11 is 0. The van der Waals surface area contributed by atoms with Crippen LogP contribution in [0.3, 0.4) is 0 Å². The SMILES string of the molecule is CC(=O)O[C@H]1CC[C@]2(C)[C@H]3CC=C4[C@@H]5CC(C)(C)CC[C@]5(C(=O)NCCNC(=O)CCC5=[N+]6C(=Cc7c(C)cc(C)n7[B-]6(F)F)C=C5)CC[C@@]4(C)[C@]3(C)CC[C@H]2C1(C)C. The lowest BCUT2D eigenvalue weighted by Crippen LogP contribution is -2.65. The zero-order valence-electron chi connectivity index (χ0n) is 37.5. The fraction of sp³-hybridized carbons (Fsp3) is 0.708. The molecule has 2 aliphatic heterocycles. The van der Waals surface area contributed by atoms with E-state index in [2.05, 4.69) is 65.2 Å². The topological polar surface area (TPSA) is 92.4 Å². The number of allylic oxidation sites excluding steroid dienone is 4. The fourth-order valence-corrected chi connectivity index (χ4v) is 14.8. The van der Waals surface area contributed by atoms with Crippen LogP contribution in [0.2, 0.25) is 0 Å². The van der Waals surface area contributed by atoms with Crippen molar-refractivity contribution in [3.8, 4) is 0 Å². The lowest BCUT2D eigenvalue weighted by atomic mass is 9.33. The Morgan fingerprint density at radius 1 is 0.915 bits per heavy atom. The summed E-state index contributed by atoms with van der Waals surface area (Å²) < 4.78 is 40.0. The van der Waals surface area contributed by atoms with Crippen molar-refractivity contribution in [2.75, 3.05) is 13.1 Å². The molecule has 2 amide bonds. The van der Waals surface area contributed by atoms with Crippen molar-refractivity contribution >= 4 is 36.5 Å². The number of aryl methyl sites for hydroxylation is 2. The molecule has 8 nitrogen and oxygen atoms in total. The van der Waals surface area contributed by atoms with Crippen molar-refractivity contribution in [3.05, 3.63) is 52.5 Å². The van der Waals surface area contributed by atoms with Crippen LogP contribution in [-0.4, -0.2) is 58.6 Å². The van der Waals surface area contributed by atoms with Crippen LogP contribution in [0.1, 0.15) is 149 Å². The number of nitrogens with zero attached hydrogens (tertiary/aromatic N) is 2. The molecule has 0 saturated heterocycles. The molecule has 2 N–H and O–H groups in total. The summed E-state index contributed by atoms with van der Waals surface area (Å²) in [6, 6.07) is 1.79. The number of carbonyl (C=O) groups excluding carboxylic acids is 3. The standard InChI is InChI=1S/C48H69BF2N4O4/c1-30-27-31(2)54-37(30)28-34-12-11-33(55(34)49(54,50)51)13-16-41(57)52-25-26-53-42(58)48-23-21-43(4,5)29-36(48)35-14-15-39-45(8)19-18-40(59-32(3)56)44(6,7)38(45)17-20-47(39,10)46(35,9)22-24-48/h11-12,14,27-28,36,38-40H,13,15-26,29H2,1-10H3,(H,52,57)(H,53,58)/t36-,38-,39+,40-,45-,46+,47+,48-/m0/s1. The smallest absolute Gasteiger partial charge is 0.462 e. The molecule has 8 atom stereocenters. The van der Waals surface area contributed by atoms with Gasteiger partial charge in [0, 0.05) is 62.2 Å². The van der Waals surface area contributed by atoms with E-state index in [0.717, 1.165) is 78.7 Å². The summed E-state index contributed by atoms with van der Waals surface area (Å²) in [6.45, 7) is 18.7. The van der Waals surface area contributed by atoms with E-state index < -0.39 is 12.4 Å². The zero-order chi connectivity index (χ0) is 42.7. The molecule has 4 fully saturated rings. The Morgan fingerprint density at radius 2 is 1.63 bits per heavy atom. The molecule has 1 aromatic rings. The van der Waals surface area contributed by atoms with Crippen LogP contribution in [0, 0.1) is 64.1 Å². The molecule has 0 bridgehead atoms. The van der Waals surface area contributed by atoms with Crippen LogP contribution < -0.4 is 10.6 Å². The van der Waals surface area contributed by atoms with Gasteiger partial charge in [-0.05, 0) is 135 Å². The Morgan fingerprint density at radius 3 is 2.36 bits per heavy atom. The zero-order valence-corrected chi connectivity index (χ0v) is 37.5. The van der Waals surface area contributed by atoms with Crippen molar-refractivity contribution in [1.82, 2.24) is 15.1 Å². The number of rotatable bonds is 8. The Labute approximate surface area is 351 Å². The quantitative estimate of drug-likeness (QED) is 0.118. The highest BCUT2D eigenvalue weighted by molar-refractivity contribution is 6.58. The predicted molar refractivity (Wildman–Crippen MR) is 230 cm³/mol. The number of aromatic nitrogens is 1. The Bertz CT molecular complexity index is 2100. The average molecular weight is 815 g/mol. The minimum atomic E-state index is -4.07. The second kappa shape index (κ2) is 14.0. The molecule has 0 aromatic carbocycles. The molecule has 11 heteroatoms. The van der Waals surface area contributed by atoms with Crippen LogP contribution in [-0.2, 0) is 19.1 Å². The molecule has 1 aromatic heterocycles. The molecule has 7 aliphatic rings. The number of hydrogen-bond donors (Lipinski definition) is 2. The van der Waals surface area contributed by atoms with Crippen LogP contribution in [0.15, 0.2) is 35.6 Å². The molecule has 0 radical (unpaired) electrons. The number of nitrogens with one attached hydrogen (secondary N) is 2. The lowest BCUT2D eigenvalue weighted by Gasteiger charge is -2.71. The van der Waals surface area contributed by atoms with Gasteiger partial charge in [-0.15, -0.1) is 0 Å². The van der Waals surface area contributed by atoms with Gasteiger partial charge in [0.15, 0.2) is 5.70 Å². The second-order valence-corrected chi connectivity index (χ2v) is 22.0. The molecule has 4 saturated carbocycles. The summed E-state index contributed by atoms with van der Waals surface area (Å²) in [5, 5.41) is 6.23. The third-order valence-corrected chi connectivity index (χ3v) is 18.1. The summed E-state index contributed by atoms with van der Waals surface area (Å²) in [7, 11) is 0. The second-order valence-electron chi connectivity index (χ2n) is 22.0. The van der Waals surface area contributed by atoms with Gasteiger partial charge in [0.1, 0.15) is 11.8 Å². The van der Waals surface area contributed by atoms with Crippen LogP contribution >= 0.6 is 0 Å². The molecule has 8 rings (SSSR count). The monoisotopic (exact) mass is 815 g/mol. The van der Waals surface area contributed by atoms with Crippen molar-refractivity contribution < 1.29 is 32.2 Å². The number of ether oxygens (including phenoxy) is 1. The maximum absolute atomic E-state index is 15.9. The van der Waals surface area contributed by atoms with E-state index in [1.54, 1.807) is 31.2 Å². The maximum Gasteiger partial charge on any atom is 0.737 e. The van der Waals surface area contributed by atoms with Crippen molar-refractivity contribution in [3.63, 3.8) is 0 Å². The highest BCUT2D eigenvalue weighted by Crippen LogP contribution is 2.76. The molecule has 322 valence electrons. The fourth-order valence-electron chi connectivity index (χ4n) is 14.8. The molecule has 0 spiro atoms. The first kappa shape index (κ1) is 42.2. The van der Waals surface area contributed by atoms with E-state index in [0.29, 0.717) is 41.2 Å². The van der Waals surface area contributed by atoms with E-state index in [9.17, 15) is 14.4 Å². The van der Waals surface area contributed by atoms with Gasteiger partial charge in [0.2, 0.25) is 11.8 Å². The summed E-state index contributed by atoms with van der Waals surface area (Å²) in [5.41, 5.74) is 4.06.